The number of hydrogen-bond donors (Lipinski definition) is 1. The smallest absolute Gasteiger partial charge is 0.434 e. The summed E-state index contributed by atoms with van der Waals surface area (Å²) in [5.41, 5.74) is 0.171. The average Bonchev–Trinajstić information content (AvgIpc) is 2.31. The lowest BCUT2D eigenvalue weighted by molar-refractivity contribution is -0.300. The fraction of sp³-hybridized carbons (Fsp3) is 0.636. The zero-order chi connectivity index (χ0) is 16.3. The largest absolute Gasteiger partial charge is 0.454 e. The summed E-state index contributed by atoms with van der Waals surface area (Å²) in [7, 11) is 0. The van der Waals surface area contributed by atoms with Gasteiger partial charge in [0.25, 0.3) is 6.10 Å². The van der Waals surface area contributed by atoms with Gasteiger partial charge in [-0.1, -0.05) is 13.8 Å². The molecule has 1 heterocycles. The topological polar surface area (TPSA) is 47.0 Å². The molecule has 1 aromatic heterocycles. The molecule has 0 unspecified atom stereocenters. The summed E-state index contributed by atoms with van der Waals surface area (Å²) in [6, 6.07) is 0.0643. The molecule has 10 heteroatoms. The highest BCUT2D eigenvalue weighted by Gasteiger charge is 2.59. The Morgan fingerprint density at radius 2 is 1.67 bits per heavy atom. The highest BCUT2D eigenvalue weighted by molar-refractivity contribution is 5.09. The molecule has 21 heavy (non-hydrogen) atoms. The Morgan fingerprint density at radius 3 is 2.14 bits per heavy atom. The van der Waals surface area contributed by atoms with E-state index in [2.05, 4.69) is 20.0 Å². The van der Waals surface area contributed by atoms with Crippen molar-refractivity contribution in [1.82, 2.24) is 15.3 Å². The highest BCUT2D eigenvalue weighted by atomic mass is 19.4. The number of ether oxygens (including phenoxy) is 1. The van der Waals surface area contributed by atoms with Crippen molar-refractivity contribution in [2.24, 2.45) is 0 Å². The van der Waals surface area contributed by atoms with Crippen LogP contribution in [0.1, 0.15) is 19.5 Å². The van der Waals surface area contributed by atoms with Crippen LogP contribution in [-0.2, 0) is 6.54 Å². The van der Waals surface area contributed by atoms with E-state index >= 15 is 0 Å². The normalized spacial score (nSPS) is 13.0. The summed E-state index contributed by atoms with van der Waals surface area (Å²) in [4.78, 5) is 7.08. The predicted molar refractivity (Wildman–Crippen MR) is 60.5 cm³/mol. The van der Waals surface area contributed by atoms with Crippen LogP contribution in [0, 0.1) is 0 Å². The summed E-state index contributed by atoms with van der Waals surface area (Å²) in [6.45, 7) is 3.78. The van der Waals surface area contributed by atoms with E-state index < -0.39 is 24.3 Å². The van der Waals surface area contributed by atoms with Gasteiger partial charge in [0.1, 0.15) is 0 Å². The van der Waals surface area contributed by atoms with E-state index in [0.29, 0.717) is 6.20 Å². The molecule has 1 aromatic rings. The van der Waals surface area contributed by atoms with E-state index in [9.17, 15) is 26.3 Å². The van der Waals surface area contributed by atoms with Crippen LogP contribution in [0.2, 0.25) is 0 Å². The van der Waals surface area contributed by atoms with Crippen molar-refractivity contribution in [2.75, 3.05) is 0 Å². The van der Waals surface area contributed by atoms with E-state index in [0.717, 1.165) is 0 Å². The van der Waals surface area contributed by atoms with Crippen LogP contribution >= 0.6 is 0 Å². The minimum absolute atomic E-state index is 0.0643. The summed E-state index contributed by atoms with van der Waals surface area (Å²) in [5, 5.41) is 2.90. The van der Waals surface area contributed by atoms with Crippen LogP contribution in [0.3, 0.4) is 0 Å². The molecule has 0 saturated heterocycles. The van der Waals surface area contributed by atoms with E-state index in [1.807, 2.05) is 13.8 Å². The van der Waals surface area contributed by atoms with Crippen LogP contribution < -0.4 is 10.1 Å². The Labute approximate surface area is 116 Å². The molecule has 0 spiro atoms. The molecule has 0 fully saturated rings. The minimum atomic E-state index is -5.59. The summed E-state index contributed by atoms with van der Waals surface area (Å²) < 4.78 is 78.0. The number of nitrogens with one attached hydrogen (secondary N) is 1. The molecule has 120 valence electrons. The summed E-state index contributed by atoms with van der Waals surface area (Å²) in [5.74, 6) is -0.835. The Balaban J connectivity index is 2.88. The molecule has 0 aliphatic carbocycles. The standard InChI is InChI=1S/C11H13F6N3O/c1-6(2)19-4-7-3-18-5-8(20-7)21-9(10(12,13)14)11(15,16)17/h3,5-6,9,19H,4H2,1-2H3. The number of aromatic nitrogens is 2. The maximum absolute atomic E-state index is 12.4. The van der Waals surface area contributed by atoms with Crippen molar-refractivity contribution in [3.8, 4) is 5.88 Å². The number of halogens is 6. The van der Waals surface area contributed by atoms with Gasteiger partial charge in [-0.25, -0.2) is 4.98 Å². The Bertz CT molecular complexity index is 446. The zero-order valence-electron chi connectivity index (χ0n) is 11.1. The first kappa shape index (κ1) is 17.5. The zero-order valence-corrected chi connectivity index (χ0v) is 11.1. The number of alkyl halides is 6. The number of nitrogens with zero attached hydrogens (tertiary/aromatic N) is 2. The molecule has 0 saturated carbocycles. The quantitative estimate of drug-likeness (QED) is 0.848. The molecule has 0 bridgehead atoms. The second-order valence-corrected chi connectivity index (χ2v) is 4.47. The van der Waals surface area contributed by atoms with Gasteiger partial charge in [-0.3, -0.25) is 4.98 Å². The maximum Gasteiger partial charge on any atom is 0.434 e. The van der Waals surface area contributed by atoms with Crippen molar-refractivity contribution < 1.29 is 31.1 Å². The summed E-state index contributed by atoms with van der Waals surface area (Å²) in [6.07, 6.45) is -13.2. The maximum atomic E-state index is 12.4. The van der Waals surface area contributed by atoms with E-state index in [4.69, 9.17) is 0 Å². The van der Waals surface area contributed by atoms with Crippen molar-refractivity contribution in [1.29, 1.82) is 0 Å². The minimum Gasteiger partial charge on any atom is -0.454 e. The molecule has 4 nitrogen and oxygen atoms in total. The molecule has 0 aromatic carbocycles. The average molecular weight is 317 g/mol. The van der Waals surface area contributed by atoms with Gasteiger partial charge in [-0.2, -0.15) is 26.3 Å². The number of hydrogen-bond acceptors (Lipinski definition) is 4. The molecule has 0 amide bonds. The second kappa shape index (κ2) is 6.46. The van der Waals surface area contributed by atoms with Crippen LogP contribution in [-0.4, -0.2) is 34.5 Å². The van der Waals surface area contributed by atoms with E-state index in [1.54, 1.807) is 0 Å². The fourth-order valence-corrected chi connectivity index (χ4v) is 1.28. The van der Waals surface area contributed by atoms with Crippen LogP contribution in [0.4, 0.5) is 26.3 Å². The van der Waals surface area contributed by atoms with Crippen molar-refractivity contribution in [2.45, 2.75) is 44.9 Å². The predicted octanol–water partition coefficient (Wildman–Crippen LogP) is 2.85. The van der Waals surface area contributed by atoms with Crippen LogP contribution in [0.25, 0.3) is 0 Å². The van der Waals surface area contributed by atoms with Crippen molar-refractivity contribution in [3.05, 3.63) is 18.1 Å². The van der Waals surface area contributed by atoms with Crippen LogP contribution in [0.15, 0.2) is 12.4 Å². The van der Waals surface area contributed by atoms with Gasteiger partial charge < -0.3 is 10.1 Å². The first-order valence-electron chi connectivity index (χ1n) is 5.84. The fourth-order valence-electron chi connectivity index (χ4n) is 1.28. The molecular weight excluding hydrogens is 304 g/mol. The first-order valence-corrected chi connectivity index (χ1v) is 5.84. The second-order valence-electron chi connectivity index (χ2n) is 4.47. The van der Waals surface area contributed by atoms with Gasteiger partial charge >= 0.3 is 12.4 Å². The van der Waals surface area contributed by atoms with Gasteiger partial charge in [-0.15, -0.1) is 0 Å². The number of rotatable bonds is 5. The third-order valence-corrected chi connectivity index (χ3v) is 2.19. The SMILES string of the molecule is CC(C)NCc1cncc(OC(C(F)(F)F)C(F)(F)F)n1. The molecule has 1 N–H and O–H groups in total. The molecule has 0 atom stereocenters. The molecular formula is C11H13F6N3O. The molecule has 1 rings (SSSR count). The van der Waals surface area contributed by atoms with E-state index in [1.165, 1.54) is 6.20 Å². The Morgan fingerprint density at radius 1 is 1.10 bits per heavy atom. The third kappa shape index (κ3) is 5.74. The molecule has 0 aliphatic rings. The third-order valence-electron chi connectivity index (χ3n) is 2.19. The lowest BCUT2D eigenvalue weighted by Gasteiger charge is -2.23. The highest BCUT2D eigenvalue weighted by Crippen LogP contribution is 2.35. The monoisotopic (exact) mass is 317 g/mol. The first-order chi connectivity index (χ1) is 9.50. The van der Waals surface area contributed by atoms with Crippen molar-refractivity contribution >= 4 is 0 Å². The van der Waals surface area contributed by atoms with Gasteiger partial charge in [0.05, 0.1) is 11.9 Å². The van der Waals surface area contributed by atoms with Gasteiger partial charge in [0.15, 0.2) is 0 Å². The molecule has 0 radical (unpaired) electrons. The lowest BCUT2D eigenvalue weighted by Crippen LogP contribution is -2.46. The Kier molecular flexibility index (Phi) is 5.37. The Hall–Kier alpha value is -1.58. The lowest BCUT2D eigenvalue weighted by atomic mass is 10.3. The van der Waals surface area contributed by atoms with E-state index in [-0.39, 0.29) is 18.3 Å². The molecule has 0 aliphatic heterocycles. The summed E-state index contributed by atoms with van der Waals surface area (Å²) >= 11 is 0. The van der Waals surface area contributed by atoms with Crippen molar-refractivity contribution in [3.63, 3.8) is 0 Å². The van der Waals surface area contributed by atoms with Gasteiger partial charge in [0, 0.05) is 18.8 Å². The van der Waals surface area contributed by atoms with Gasteiger partial charge in [0.2, 0.25) is 5.88 Å². The van der Waals surface area contributed by atoms with Gasteiger partial charge in [-0.05, 0) is 0 Å². The van der Waals surface area contributed by atoms with Crippen LogP contribution in [0.5, 0.6) is 5.88 Å².